The van der Waals surface area contributed by atoms with E-state index in [0.717, 1.165) is 12.0 Å². The third-order valence-corrected chi connectivity index (χ3v) is 3.35. The first-order valence-corrected chi connectivity index (χ1v) is 6.80. The van der Waals surface area contributed by atoms with E-state index < -0.39 is 11.8 Å². The van der Waals surface area contributed by atoms with Crippen molar-refractivity contribution in [3.63, 3.8) is 0 Å². The predicted molar refractivity (Wildman–Crippen MR) is 78.3 cm³/mol. The van der Waals surface area contributed by atoms with Gasteiger partial charge < -0.3 is 15.7 Å². The molecule has 0 spiro atoms. The molecule has 1 aromatic carbocycles. The van der Waals surface area contributed by atoms with Gasteiger partial charge in [0.25, 0.3) is 0 Å². The van der Waals surface area contributed by atoms with Crippen LogP contribution in [0.2, 0.25) is 0 Å². The first kappa shape index (κ1) is 16.2. The summed E-state index contributed by atoms with van der Waals surface area (Å²) >= 11 is 0. The molecule has 5 heteroatoms. The normalized spacial score (nSPS) is 13.4. The Labute approximate surface area is 119 Å². The standard InChI is InChI=1S/C15H22N2O3/c1-4-12-7-5-6-8-13(12)17-15(20)14(19)16-11(3)10(2)9-18/h5-8,10-11,18H,4,9H2,1-3H3,(H,16,19)(H,17,20). The summed E-state index contributed by atoms with van der Waals surface area (Å²) < 4.78 is 0. The maximum Gasteiger partial charge on any atom is 0.313 e. The van der Waals surface area contributed by atoms with E-state index in [1.165, 1.54) is 0 Å². The fourth-order valence-electron chi connectivity index (χ4n) is 1.70. The Hall–Kier alpha value is -1.88. The number of aryl methyl sites for hydroxylation is 1. The quantitative estimate of drug-likeness (QED) is 0.711. The van der Waals surface area contributed by atoms with Crippen LogP contribution in [0, 0.1) is 5.92 Å². The lowest BCUT2D eigenvalue weighted by atomic mass is 10.1. The molecule has 0 aliphatic carbocycles. The SMILES string of the molecule is CCc1ccccc1NC(=O)C(=O)NC(C)C(C)CO. The van der Waals surface area contributed by atoms with Crippen LogP contribution in [0.15, 0.2) is 24.3 Å². The Kier molecular flexibility index (Phi) is 6.18. The van der Waals surface area contributed by atoms with E-state index in [1.807, 2.05) is 25.1 Å². The molecule has 0 aromatic heterocycles. The van der Waals surface area contributed by atoms with E-state index in [-0.39, 0.29) is 18.6 Å². The minimum Gasteiger partial charge on any atom is -0.396 e. The van der Waals surface area contributed by atoms with Crippen LogP contribution in [-0.4, -0.2) is 29.6 Å². The van der Waals surface area contributed by atoms with E-state index >= 15 is 0 Å². The smallest absolute Gasteiger partial charge is 0.313 e. The van der Waals surface area contributed by atoms with Gasteiger partial charge in [-0.05, 0) is 30.9 Å². The van der Waals surface area contributed by atoms with Crippen molar-refractivity contribution in [1.29, 1.82) is 0 Å². The van der Waals surface area contributed by atoms with Crippen molar-refractivity contribution >= 4 is 17.5 Å². The molecule has 5 nitrogen and oxygen atoms in total. The van der Waals surface area contributed by atoms with E-state index in [2.05, 4.69) is 10.6 Å². The molecule has 1 aromatic rings. The van der Waals surface area contributed by atoms with Crippen LogP contribution in [0.3, 0.4) is 0 Å². The number of anilines is 1. The van der Waals surface area contributed by atoms with E-state index in [1.54, 1.807) is 19.9 Å². The summed E-state index contributed by atoms with van der Waals surface area (Å²) in [6.45, 7) is 5.50. The zero-order valence-corrected chi connectivity index (χ0v) is 12.1. The van der Waals surface area contributed by atoms with Gasteiger partial charge in [-0.25, -0.2) is 0 Å². The number of aliphatic hydroxyl groups is 1. The molecule has 0 saturated heterocycles. The lowest BCUT2D eigenvalue weighted by molar-refractivity contribution is -0.136. The third-order valence-electron chi connectivity index (χ3n) is 3.35. The molecule has 2 amide bonds. The molecule has 2 unspecified atom stereocenters. The minimum atomic E-state index is -0.692. The number of nitrogens with one attached hydrogen (secondary N) is 2. The first-order chi connectivity index (χ1) is 9.49. The molecule has 1 rings (SSSR count). The largest absolute Gasteiger partial charge is 0.396 e. The molecule has 110 valence electrons. The van der Waals surface area contributed by atoms with Gasteiger partial charge >= 0.3 is 11.8 Å². The summed E-state index contributed by atoms with van der Waals surface area (Å²) in [5, 5.41) is 14.2. The molecule has 20 heavy (non-hydrogen) atoms. The molecule has 0 aliphatic heterocycles. The van der Waals surface area contributed by atoms with Gasteiger partial charge in [-0.2, -0.15) is 0 Å². The number of aliphatic hydroxyl groups excluding tert-OH is 1. The summed E-state index contributed by atoms with van der Waals surface area (Å²) in [7, 11) is 0. The number of hydrogen-bond acceptors (Lipinski definition) is 3. The predicted octanol–water partition coefficient (Wildman–Crippen LogP) is 1.32. The van der Waals surface area contributed by atoms with E-state index in [9.17, 15) is 9.59 Å². The molecule has 0 fully saturated rings. The van der Waals surface area contributed by atoms with Crippen LogP contribution in [0.1, 0.15) is 26.3 Å². The molecule has 3 N–H and O–H groups in total. The second-order valence-electron chi connectivity index (χ2n) is 4.89. The van der Waals surface area contributed by atoms with E-state index in [4.69, 9.17) is 5.11 Å². The van der Waals surface area contributed by atoms with Crippen LogP contribution in [-0.2, 0) is 16.0 Å². The molecule has 2 atom stereocenters. The summed E-state index contributed by atoms with van der Waals surface area (Å²) in [5.41, 5.74) is 1.63. The van der Waals surface area contributed by atoms with E-state index in [0.29, 0.717) is 5.69 Å². The molecular formula is C15H22N2O3. The fraction of sp³-hybridized carbons (Fsp3) is 0.467. The molecule has 0 bridgehead atoms. The van der Waals surface area contributed by atoms with Gasteiger partial charge in [0, 0.05) is 18.3 Å². The van der Waals surface area contributed by atoms with Gasteiger partial charge in [0.15, 0.2) is 0 Å². The van der Waals surface area contributed by atoms with Crippen LogP contribution < -0.4 is 10.6 Å². The number of carbonyl (C=O) groups is 2. The topological polar surface area (TPSA) is 78.4 Å². The van der Waals surface area contributed by atoms with Crippen molar-refractivity contribution in [2.45, 2.75) is 33.2 Å². The monoisotopic (exact) mass is 278 g/mol. The number of benzene rings is 1. The Morgan fingerprint density at radius 1 is 1.20 bits per heavy atom. The highest BCUT2D eigenvalue weighted by atomic mass is 16.3. The van der Waals surface area contributed by atoms with Crippen LogP contribution in [0.25, 0.3) is 0 Å². The summed E-state index contributed by atoms with van der Waals surface area (Å²) in [5.74, 6) is -1.48. The Morgan fingerprint density at radius 3 is 2.45 bits per heavy atom. The van der Waals surface area contributed by atoms with Crippen molar-refractivity contribution in [1.82, 2.24) is 5.32 Å². The van der Waals surface area contributed by atoms with Gasteiger partial charge in [-0.3, -0.25) is 9.59 Å². The lowest BCUT2D eigenvalue weighted by Gasteiger charge is -2.19. The van der Waals surface area contributed by atoms with Gasteiger partial charge in [0.05, 0.1) is 0 Å². The van der Waals surface area contributed by atoms with Crippen molar-refractivity contribution < 1.29 is 14.7 Å². The number of hydrogen-bond donors (Lipinski definition) is 3. The average Bonchev–Trinajstić information content (AvgIpc) is 2.46. The van der Waals surface area contributed by atoms with Crippen LogP contribution in [0.5, 0.6) is 0 Å². The zero-order chi connectivity index (χ0) is 15.1. The van der Waals surface area contributed by atoms with Crippen LogP contribution >= 0.6 is 0 Å². The minimum absolute atomic E-state index is 0.0399. The fourth-order valence-corrected chi connectivity index (χ4v) is 1.70. The van der Waals surface area contributed by atoms with Gasteiger partial charge in [-0.15, -0.1) is 0 Å². The number of carbonyl (C=O) groups excluding carboxylic acids is 2. The number of para-hydroxylation sites is 1. The van der Waals surface area contributed by atoms with Gasteiger partial charge in [-0.1, -0.05) is 32.0 Å². The highest BCUT2D eigenvalue weighted by molar-refractivity contribution is 6.39. The Bertz CT molecular complexity index is 474. The molecular weight excluding hydrogens is 256 g/mol. The van der Waals surface area contributed by atoms with Crippen molar-refractivity contribution in [3.05, 3.63) is 29.8 Å². The lowest BCUT2D eigenvalue weighted by Crippen LogP contribution is -2.44. The van der Waals surface area contributed by atoms with Crippen molar-refractivity contribution in [2.75, 3.05) is 11.9 Å². The molecule has 0 aliphatic rings. The van der Waals surface area contributed by atoms with Gasteiger partial charge in [0.1, 0.15) is 0 Å². The highest BCUT2D eigenvalue weighted by Crippen LogP contribution is 2.15. The molecule has 0 radical (unpaired) electrons. The molecule has 0 saturated carbocycles. The third kappa shape index (κ3) is 4.35. The van der Waals surface area contributed by atoms with Crippen molar-refractivity contribution in [2.24, 2.45) is 5.92 Å². The average molecular weight is 278 g/mol. The Balaban J connectivity index is 2.64. The first-order valence-electron chi connectivity index (χ1n) is 6.80. The summed E-state index contributed by atoms with van der Waals surface area (Å²) in [6, 6.07) is 7.11. The summed E-state index contributed by atoms with van der Waals surface area (Å²) in [4.78, 5) is 23.6. The van der Waals surface area contributed by atoms with Crippen molar-refractivity contribution in [3.8, 4) is 0 Å². The maximum absolute atomic E-state index is 11.8. The number of amides is 2. The highest BCUT2D eigenvalue weighted by Gasteiger charge is 2.19. The second-order valence-corrected chi connectivity index (χ2v) is 4.89. The Morgan fingerprint density at radius 2 is 1.85 bits per heavy atom. The molecule has 0 heterocycles. The summed E-state index contributed by atoms with van der Waals surface area (Å²) in [6.07, 6.45) is 0.774. The zero-order valence-electron chi connectivity index (χ0n) is 12.1. The maximum atomic E-state index is 11.8. The number of rotatable bonds is 5. The second kappa shape index (κ2) is 7.65. The van der Waals surface area contributed by atoms with Gasteiger partial charge in [0.2, 0.25) is 0 Å². The van der Waals surface area contributed by atoms with Crippen LogP contribution in [0.4, 0.5) is 5.69 Å².